The SMILES string of the molecule is CNCC(C)NCC(F)(F)F. The van der Waals surface area contributed by atoms with E-state index in [1.807, 2.05) is 0 Å². The van der Waals surface area contributed by atoms with Gasteiger partial charge in [-0.3, -0.25) is 0 Å². The Kier molecular flexibility index (Phi) is 4.44. The van der Waals surface area contributed by atoms with E-state index in [9.17, 15) is 13.2 Å². The second kappa shape index (κ2) is 4.56. The molecule has 5 heteroatoms. The molecule has 0 aliphatic rings. The number of likely N-dealkylation sites (N-methyl/N-ethyl adjacent to an activating group) is 1. The summed E-state index contributed by atoms with van der Waals surface area (Å²) in [6, 6.07) is -0.151. The van der Waals surface area contributed by atoms with Gasteiger partial charge in [-0.15, -0.1) is 0 Å². The fourth-order valence-corrected chi connectivity index (χ4v) is 0.668. The van der Waals surface area contributed by atoms with Gasteiger partial charge in [0.15, 0.2) is 0 Å². The fourth-order valence-electron chi connectivity index (χ4n) is 0.668. The lowest BCUT2D eigenvalue weighted by molar-refractivity contribution is -0.125. The van der Waals surface area contributed by atoms with Crippen molar-refractivity contribution in [1.82, 2.24) is 10.6 Å². The van der Waals surface area contributed by atoms with Crippen molar-refractivity contribution >= 4 is 0 Å². The molecule has 1 unspecified atom stereocenters. The monoisotopic (exact) mass is 170 g/mol. The van der Waals surface area contributed by atoms with Gasteiger partial charge in [0.25, 0.3) is 0 Å². The summed E-state index contributed by atoms with van der Waals surface area (Å²) < 4.78 is 34.7. The maximum Gasteiger partial charge on any atom is 0.401 e. The van der Waals surface area contributed by atoms with E-state index in [0.717, 1.165) is 0 Å². The Labute approximate surface area is 64.2 Å². The van der Waals surface area contributed by atoms with Gasteiger partial charge in [-0.1, -0.05) is 0 Å². The molecule has 0 rings (SSSR count). The normalized spacial score (nSPS) is 15.0. The quantitative estimate of drug-likeness (QED) is 0.650. The lowest BCUT2D eigenvalue weighted by atomic mass is 10.3. The van der Waals surface area contributed by atoms with Gasteiger partial charge in [0, 0.05) is 12.6 Å². The third-order valence-electron chi connectivity index (χ3n) is 1.16. The highest BCUT2D eigenvalue weighted by atomic mass is 19.4. The van der Waals surface area contributed by atoms with E-state index in [2.05, 4.69) is 10.6 Å². The summed E-state index contributed by atoms with van der Waals surface area (Å²) in [6.45, 7) is 1.31. The summed E-state index contributed by atoms with van der Waals surface area (Å²) in [7, 11) is 1.70. The first-order valence-corrected chi connectivity index (χ1v) is 3.40. The Balaban J connectivity index is 3.38. The molecule has 0 aliphatic heterocycles. The average molecular weight is 170 g/mol. The van der Waals surface area contributed by atoms with Crippen molar-refractivity contribution in [3.63, 3.8) is 0 Å². The van der Waals surface area contributed by atoms with Gasteiger partial charge in [0.2, 0.25) is 0 Å². The summed E-state index contributed by atoms with van der Waals surface area (Å²) >= 11 is 0. The van der Waals surface area contributed by atoms with E-state index < -0.39 is 12.7 Å². The molecule has 0 aromatic carbocycles. The van der Waals surface area contributed by atoms with Crippen LogP contribution >= 0.6 is 0 Å². The van der Waals surface area contributed by atoms with E-state index in [1.165, 1.54) is 0 Å². The molecule has 11 heavy (non-hydrogen) atoms. The first kappa shape index (κ1) is 10.7. The highest BCUT2D eigenvalue weighted by Crippen LogP contribution is 2.12. The molecule has 0 heterocycles. The Hall–Kier alpha value is -0.290. The molecule has 0 saturated carbocycles. The predicted octanol–water partition coefficient (Wildman–Crippen LogP) is 0.746. The van der Waals surface area contributed by atoms with Crippen molar-refractivity contribution in [2.24, 2.45) is 0 Å². The standard InChI is InChI=1S/C6H13F3N2/c1-5(3-10-2)11-4-6(7,8)9/h5,10-11H,3-4H2,1-2H3. The molecule has 0 bridgehead atoms. The lowest BCUT2D eigenvalue weighted by Gasteiger charge is -2.14. The second-order valence-corrected chi connectivity index (χ2v) is 2.45. The van der Waals surface area contributed by atoms with Crippen LogP contribution in [0.3, 0.4) is 0 Å². The van der Waals surface area contributed by atoms with Crippen molar-refractivity contribution in [2.75, 3.05) is 20.1 Å². The van der Waals surface area contributed by atoms with E-state index in [-0.39, 0.29) is 6.04 Å². The zero-order chi connectivity index (χ0) is 8.91. The van der Waals surface area contributed by atoms with Crippen LogP contribution in [0.15, 0.2) is 0 Å². The van der Waals surface area contributed by atoms with Crippen LogP contribution < -0.4 is 10.6 Å². The maximum absolute atomic E-state index is 11.6. The molecule has 0 spiro atoms. The van der Waals surface area contributed by atoms with Crippen LogP contribution in [-0.4, -0.2) is 32.4 Å². The van der Waals surface area contributed by atoms with Crippen LogP contribution in [0.2, 0.25) is 0 Å². The minimum Gasteiger partial charge on any atom is -0.318 e. The lowest BCUT2D eigenvalue weighted by Crippen LogP contribution is -2.40. The molecule has 0 amide bonds. The molecule has 0 saturated heterocycles. The molecule has 2 N–H and O–H groups in total. The van der Waals surface area contributed by atoms with E-state index >= 15 is 0 Å². The zero-order valence-electron chi connectivity index (χ0n) is 6.63. The van der Waals surface area contributed by atoms with Gasteiger partial charge in [-0.05, 0) is 14.0 Å². The smallest absolute Gasteiger partial charge is 0.318 e. The summed E-state index contributed by atoms with van der Waals surface area (Å²) in [5.74, 6) is 0. The van der Waals surface area contributed by atoms with Crippen LogP contribution in [0.1, 0.15) is 6.92 Å². The van der Waals surface area contributed by atoms with Crippen molar-refractivity contribution in [3.8, 4) is 0 Å². The first-order chi connectivity index (χ1) is 4.95. The number of hydrogen-bond acceptors (Lipinski definition) is 2. The minimum absolute atomic E-state index is 0.151. The summed E-state index contributed by atoms with van der Waals surface area (Å²) in [6.07, 6.45) is -4.11. The van der Waals surface area contributed by atoms with Gasteiger partial charge in [0.05, 0.1) is 6.54 Å². The topological polar surface area (TPSA) is 24.1 Å². The van der Waals surface area contributed by atoms with E-state index in [0.29, 0.717) is 6.54 Å². The molecular weight excluding hydrogens is 157 g/mol. The predicted molar refractivity (Wildman–Crippen MR) is 37.4 cm³/mol. The molecule has 2 nitrogen and oxygen atoms in total. The molecular formula is C6H13F3N2. The molecule has 0 fully saturated rings. The van der Waals surface area contributed by atoms with Gasteiger partial charge in [-0.25, -0.2) is 0 Å². The number of rotatable bonds is 4. The third-order valence-corrected chi connectivity index (χ3v) is 1.16. The number of hydrogen-bond donors (Lipinski definition) is 2. The van der Waals surface area contributed by atoms with Gasteiger partial charge < -0.3 is 10.6 Å². The molecule has 0 radical (unpaired) electrons. The number of alkyl halides is 3. The van der Waals surface area contributed by atoms with Crippen LogP contribution in [0, 0.1) is 0 Å². The van der Waals surface area contributed by atoms with Crippen LogP contribution in [0.4, 0.5) is 13.2 Å². The number of halogens is 3. The molecule has 0 aliphatic carbocycles. The second-order valence-electron chi connectivity index (χ2n) is 2.45. The maximum atomic E-state index is 11.6. The van der Waals surface area contributed by atoms with E-state index in [1.54, 1.807) is 14.0 Å². The molecule has 1 atom stereocenters. The first-order valence-electron chi connectivity index (χ1n) is 3.40. The van der Waals surface area contributed by atoms with Crippen molar-refractivity contribution < 1.29 is 13.2 Å². The third kappa shape index (κ3) is 7.61. The Morgan fingerprint density at radius 1 is 1.36 bits per heavy atom. The van der Waals surface area contributed by atoms with Crippen LogP contribution in [0.5, 0.6) is 0 Å². The highest BCUT2D eigenvalue weighted by Gasteiger charge is 2.26. The van der Waals surface area contributed by atoms with Crippen molar-refractivity contribution in [2.45, 2.75) is 19.1 Å². The summed E-state index contributed by atoms with van der Waals surface area (Å²) in [4.78, 5) is 0. The van der Waals surface area contributed by atoms with Gasteiger partial charge in [0.1, 0.15) is 0 Å². The fraction of sp³-hybridized carbons (Fsp3) is 1.00. The van der Waals surface area contributed by atoms with Crippen molar-refractivity contribution in [3.05, 3.63) is 0 Å². The van der Waals surface area contributed by atoms with Crippen LogP contribution in [-0.2, 0) is 0 Å². The molecule has 0 aromatic rings. The molecule has 0 aromatic heterocycles. The van der Waals surface area contributed by atoms with E-state index in [4.69, 9.17) is 0 Å². The Morgan fingerprint density at radius 3 is 2.27 bits per heavy atom. The summed E-state index contributed by atoms with van der Waals surface area (Å²) in [5.41, 5.74) is 0. The highest BCUT2D eigenvalue weighted by molar-refractivity contribution is 4.65. The van der Waals surface area contributed by atoms with Crippen molar-refractivity contribution in [1.29, 1.82) is 0 Å². The van der Waals surface area contributed by atoms with Crippen LogP contribution in [0.25, 0.3) is 0 Å². The zero-order valence-corrected chi connectivity index (χ0v) is 6.63. The number of nitrogens with one attached hydrogen (secondary N) is 2. The van der Waals surface area contributed by atoms with Gasteiger partial charge >= 0.3 is 6.18 Å². The Bertz CT molecular complexity index is 102. The summed E-state index contributed by atoms with van der Waals surface area (Å²) in [5, 5.41) is 5.11. The average Bonchev–Trinajstić information content (AvgIpc) is 1.83. The molecule has 68 valence electrons. The minimum atomic E-state index is -4.11. The van der Waals surface area contributed by atoms with Gasteiger partial charge in [-0.2, -0.15) is 13.2 Å². The Morgan fingerprint density at radius 2 is 1.91 bits per heavy atom. The largest absolute Gasteiger partial charge is 0.401 e.